The van der Waals surface area contributed by atoms with Crippen LogP contribution in [-0.4, -0.2) is 0 Å². The average Bonchev–Trinajstić information content (AvgIpc) is 3.13. The Kier molecular flexibility index (Phi) is 57500. The van der Waals surface area contributed by atoms with Crippen LogP contribution in [0.2, 0.25) is 0 Å². The van der Waals surface area contributed by atoms with Crippen molar-refractivity contribution in [2.24, 2.45) is 0 Å². The number of hydrogen-bond donors (Lipinski definition) is 0. The molecule has 0 unspecified atom stereocenters. The van der Waals surface area contributed by atoms with Gasteiger partial charge in [-0.15, -0.1) is 0 Å². The van der Waals surface area contributed by atoms with Crippen molar-refractivity contribution in [1.82, 2.24) is 0 Å². The first-order valence-electron chi connectivity index (χ1n) is 3.90. The second-order valence-corrected chi connectivity index (χ2v) is 0. The van der Waals surface area contributed by atoms with Gasteiger partial charge in [0.05, 0.1) is 0 Å². The van der Waals surface area contributed by atoms with E-state index in [9.17, 15) is 0 Å². The van der Waals surface area contributed by atoms with E-state index in [0.29, 0.717) is 0 Å². The number of nitroso groups, excluding NO2 is 3. The summed E-state index contributed by atoms with van der Waals surface area (Å²) in [7, 11) is 0. The molecule has 0 aliphatic carbocycles. The van der Waals surface area contributed by atoms with Crippen molar-refractivity contribution in [3.8, 4) is 0 Å². The van der Waals surface area contributed by atoms with E-state index in [4.69, 9.17) is 209 Å². The summed E-state index contributed by atoms with van der Waals surface area (Å²) in [6, 6.07) is 0. The molecule has 0 aromatic carbocycles. The Morgan fingerprint density at radius 2 is 0.214 bits per heavy atom. The normalized spacial score (nSPS) is 1.00. The molecule has 27 heteroatoms. The Morgan fingerprint density at radius 1 is 0.214 bits per heavy atom. The molecule has 192 valence electrons. The van der Waals surface area contributed by atoms with Crippen LogP contribution in [-0.2, 0) is 52.1 Å². The van der Waals surface area contributed by atoms with Gasteiger partial charge >= 0.3 is 206 Å². The summed E-state index contributed by atoms with van der Waals surface area (Å²) in [5, 5.41) is 93.8. The second-order valence-electron chi connectivity index (χ2n) is 0. The van der Waals surface area contributed by atoms with Crippen LogP contribution in [0, 0.1) is 192 Å². The summed E-state index contributed by atoms with van der Waals surface area (Å²) in [6.45, 7) is 71.2. The fourth-order valence-electron chi connectivity index (χ4n) is 0. The summed E-state index contributed by atoms with van der Waals surface area (Å²) in [5.74, 6) is 0. The van der Waals surface area contributed by atoms with Gasteiger partial charge in [0.15, 0.2) is 0 Å². The smallest absolute Gasteiger partial charge is 1.00 e. The Balaban J connectivity index is -0.00000000301. The molecule has 0 aromatic heterocycles. The van der Waals surface area contributed by atoms with E-state index in [1.54, 1.807) is 0 Å². The molecule has 0 aliphatic rings. The van der Waals surface area contributed by atoms with E-state index in [-0.39, 0.29) is 211 Å². The molecule has 0 N–H and O–H groups in total. The van der Waals surface area contributed by atoms with Crippen LogP contribution in [0.25, 0.3) is 16.8 Å². The van der Waals surface area contributed by atoms with Crippen LogP contribution < -0.4 is 154 Å². The molecule has 0 bridgehead atoms. The molecule has 0 rings (SSSR count). The molecule has 42 heavy (non-hydrogen) atoms. The maximum atomic E-state index is 7.25. The summed E-state index contributed by atoms with van der Waals surface area (Å²) in [4.78, 5) is 21.8. The zero-order valence-electron chi connectivity index (χ0n) is 24.0. The molecular formula is C15H3Cr3K3N18O3. The van der Waals surface area contributed by atoms with Crippen molar-refractivity contribution in [1.29, 1.82) is 78.9 Å². The zero-order valence-corrected chi connectivity index (χ0v) is 34.2. The van der Waals surface area contributed by atoms with Crippen LogP contribution >= 0.6 is 0 Å². The molecule has 0 radical (unpaired) electrons. The molecule has 0 aliphatic heterocycles. The predicted molar refractivity (Wildman–Crippen MR) is 98.0 cm³/mol. The van der Waals surface area contributed by atoms with Crippen molar-refractivity contribution in [2.75, 3.05) is 0 Å². The van der Waals surface area contributed by atoms with Crippen molar-refractivity contribution >= 4 is 0 Å². The van der Waals surface area contributed by atoms with Crippen LogP contribution in [0.15, 0.2) is 0 Å². The van der Waals surface area contributed by atoms with Gasteiger partial charge in [-0.05, 0) is 0 Å². The average molecular weight is 757 g/mol. The van der Waals surface area contributed by atoms with Gasteiger partial charge in [0.1, 0.15) is 0 Å². The van der Waals surface area contributed by atoms with Crippen molar-refractivity contribution < 1.29 is 211 Å². The van der Waals surface area contributed by atoms with E-state index < -0.39 is 0 Å². The Labute approximate surface area is 411 Å². The molecule has 0 aromatic rings. The molecule has 0 spiro atoms. The Bertz CT molecular complexity index is 379. The third kappa shape index (κ3) is 9210. The van der Waals surface area contributed by atoms with Gasteiger partial charge in [-0.1, -0.05) is 0 Å². The van der Waals surface area contributed by atoms with Gasteiger partial charge in [-0.3, -0.25) is 0 Å². The summed E-state index contributed by atoms with van der Waals surface area (Å²) >= 11 is 0. The molecule has 0 atom stereocenters. The van der Waals surface area contributed by atoms with Crippen LogP contribution in [0.5, 0.6) is 0 Å². The Hall–Kier alpha value is -2.34. The zero-order chi connectivity index (χ0) is 36.0. The first-order valence-corrected chi connectivity index (χ1v) is 3.90. The molecule has 0 fully saturated rings. The quantitative estimate of drug-likeness (QED) is 0.164. The van der Waals surface area contributed by atoms with E-state index in [2.05, 4.69) is 0 Å². The molecule has 0 saturated carbocycles. The number of nitrogens with zero attached hydrogens (tertiary/aromatic N) is 18. The second kappa shape index (κ2) is 9980. The SMILES string of the molecule is [C-]#N.[C-]#N.[C-]#N.[C-]#N.[C-]#N.[C-]#N.[C-]#N.[C-]#N.[C-]#N.[C-]#N.[C-]#N.[C-]#N.[C-]#N.[C-]#N.[C-]#N.[Cr+6].[Cr+6].[Cr+6].[H-].[H-].[H-].[K+].[K+].[K+].[N-]=O.[N-]=O.[N-]=O. The van der Waals surface area contributed by atoms with Crippen LogP contribution in [0.1, 0.15) is 4.28 Å². The van der Waals surface area contributed by atoms with Gasteiger partial charge in [0.25, 0.3) is 0 Å². The summed E-state index contributed by atoms with van der Waals surface area (Å²) in [6.07, 6.45) is 0. The first-order chi connectivity index (χ1) is 18.0. The van der Waals surface area contributed by atoms with Gasteiger partial charge in [-0.25, -0.2) is 0 Å². The molecular weight excluding hydrogens is 754 g/mol. The van der Waals surface area contributed by atoms with E-state index in [1.165, 1.54) is 0 Å². The minimum Gasteiger partial charge on any atom is -1.00 e. The first kappa shape index (κ1) is 242. The van der Waals surface area contributed by atoms with Crippen LogP contribution in [0.4, 0.5) is 0 Å². The molecule has 21 nitrogen and oxygen atoms in total. The van der Waals surface area contributed by atoms with Crippen molar-refractivity contribution in [3.05, 3.63) is 130 Å². The van der Waals surface area contributed by atoms with E-state index in [1.807, 2.05) is 0 Å². The topological polar surface area (TPSA) is 475 Å². The maximum absolute atomic E-state index is 7.25. The summed E-state index contributed by atoms with van der Waals surface area (Å²) in [5.41, 5.74) is 17.2. The largest absolute Gasteiger partial charge is 6.00 e. The van der Waals surface area contributed by atoms with Gasteiger partial charge < -0.3 is 213 Å². The maximum Gasteiger partial charge on any atom is 6.00 e. The summed E-state index contributed by atoms with van der Waals surface area (Å²) < 4.78 is 0. The van der Waals surface area contributed by atoms with E-state index >= 15 is 0 Å². The third-order valence-electron chi connectivity index (χ3n) is 0. The molecule has 0 heterocycles. The third-order valence-corrected chi connectivity index (χ3v) is 0. The standard InChI is InChI=1S/15CN.3Cr.3K.3NO.3H/c15*1-2;;;;;;;3*1-2;;;/q15*-1;3*+6;3*+1;6*-1. The number of rotatable bonds is 0. The minimum absolute atomic E-state index is 0. The van der Waals surface area contributed by atoms with Crippen molar-refractivity contribution in [2.45, 2.75) is 0 Å². The fraction of sp³-hybridized carbons (Fsp3) is 0. The van der Waals surface area contributed by atoms with E-state index in [0.717, 1.165) is 0 Å². The fourth-order valence-corrected chi connectivity index (χ4v) is 0. The number of hydrogen-bond acceptors (Lipinski definition) is 18. The van der Waals surface area contributed by atoms with Gasteiger partial charge in [-0.2, -0.15) is 0 Å². The van der Waals surface area contributed by atoms with Gasteiger partial charge in [0, 0.05) is 0 Å². The van der Waals surface area contributed by atoms with Gasteiger partial charge in [0.2, 0.25) is 0 Å². The van der Waals surface area contributed by atoms with Crippen LogP contribution in [0.3, 0.4) is 0 Å². The molecule has 0 amide bonds. The molecule has 0 saturated heterocycles. The predicted octanol–water partition coefficient (Wildman–Crippen LogP) is -6.25. The minimum atomic E-state index is 0. The van der Waals surface area contributed by atoms with Crippen molar-refractivity contribution in [3.63, 3.8) is 0 Å². The monoisotopic (exact) mass is 756 g/mol. The Morgan fingerprint density at radius 3 is 0.214 bits per heavy atom.